The molecule has 1 atom stereocenters. The average molecular weight is 441 g/mol. The molecule has 0 unspecified atom stereocenters. The van der Waals surface area contributed by atoms with Crippen molar-refractivity contribution in [3.05, 3.63) is 48.5 Å². The molecule has 0 saturated heterocycles. The van der Waals surface area contributed by atoms with Gasteiger partial charge in [-0.15, -0.1) is 0 Å². The second-order valence-corrected chi connectivity index (χ2v) is 7.14. The molecule has 12 heteroatoms. The Bertz CT molecular complexity index is 1300. The van der Waals surface area contributed by atoms with Crippen LogP contribution in [0, 0.1) is 0 Å². The minimum atomic E-state index is -3.04. The maximum atomic E-state index is 13.1. The van der Waals surface area contributed by atoms with Crippen molar-refractivity contribution in [1.82, 2.24) is 24.8 Å². The van der Waals surface area contributed by atoms with Crippen molar-refractivity contribution in [2.75, 3.05) is 17.2 Å². The predicted molar refractivity (Wildman–Crippen MR) is 110 cm³/mol. The van der Waals surface area contributed by atoms with E-state index in [1.54, 1.807) is 24.5 Å². The number of fused-ring (bicyclic) bond motifs is 2. The largest absolute Gasteiger partial charge is 0.489 e. The highest BCUT2D eigenvalue weighted by atomic mass is 19.3. The molecule has 4 heterocycles. The maximum absolute atomic E-state index is 13.1. The number of aromatic nitrogens is 5. The summed E-state index contributed by atoms with van der Waals surface area (Å²) in [7, 11) is 0. The Labute approximate surface area is 179 Å². The van der Waals surface area contributed by atoms with Crippen molar-refractivity contribution in [1.29, 1.82) is 0 Å². The molecule has 164 valence electrons. The van der Waals surface area contributed by atoms with E-state index in [4.69, 9.17) is 9.47 Å². The smallest absolute Gasteiger partial charge is 0.387 e. The molecule has 0 fully saturated rings. The van der Waals surface area contributed by atoms with Gasteiger partial charge in [0.15, 0.2) is 5.65 Å². The number of hydrogen-bond acceptors (Lipinski definition) is 7. The topological polar surface area (TPSA) is 118 Å². The maximum Gasteiger partial charge on any atom is 0.387 e. The van der Waals surface area contributed by atoms with Gasteiger partial charge in [-0.25, -0.2) is 9.50 Å². The van der Waals surface area contributed by atoms with Gasteiger partial charge < -0.3 is 20.1 Å². The van der Waals surface area contributed by atoms with Crippen LogP contribution in [0.2, 0.25) is 0 Å². The molecule has 1 amide bonds. The first-order valence-corrected chi connectivity index (χ1v) is 9.65. The number of nitrogens with zero attached hydrogens (tertiary/aromatic N) is 4. The van der Waals surface area contributed by atoms with Gasteiger partial charge in [-0.3, -0.25) is 9.89 Å². The fraction of sp³-hybridized carbons (Fsp3) is 0.200. The summed E-state index contributed by atoms with van der Waals surface area (Å²) < 4.78 is 38.2. The molecular weight excluding hydrogens is 424 g/mol. The summed E-state index contributed by atoms with van der Waals surface area (Å²) in [5.74, 6) is -0.109. The lowest BCUT2D eigenvalue weighted by atomic mass is 10.1. The van der Waals surface area contributed by atoms with Crippen molar-refractivity contribution >= 4 is 22.9 Å². The molecule has 3 aromatic heterocycles. The van der Waals surface area contributed by atoms with Crippen molar-refractivity contribution in [3.63, 3.8) is 0 Å². The van der Waals surface area contributed by atoms with Crippen molar-refractivity contribution in [2.24, 2.45) is 0 Å². The number of halogens is 2. The van der Waals surface area contributed by atoms with Gasteiger partial charge in [0.25, 0.3) is 5.91 Å². The van der Waals surface area contributed by atoms with E-state index in [2.05, 4.69) is 30.9 Å². The van der Waals surface area contributed by atoms with Crippen molar-refractivity contribution < 1.29 is 23.0 Å². The van der Waals surface area contributed by atoms with E-state index in [1.807, 2.05) is 6.92 Å². The number of amides is 1. The van der Waals surface area contributed by atoms with Gasteiger partial charge in [-0.1, -0.05) is 0 Å². The standard InChI is InChI=1S/C20H17F2N7O3/c1-10-9-31-16-5-11(15(32-20(21)22)6-13(16)26-10)17-14(8-24-28-17)27-19(30)12-7-25-29-4-2-3-23-18(12)29/h2-8,10,20,26H,9H2,1H3,(H,24,28)(H,27,30)/t10-/m0/s1. The van der Waals surface area contributed by atoms with Gasteiger partial charge in [0.05, 0.1) is 35.5 Å². The first-order valence-electron chi connectivity index (χ1n) is 9.65. The molecule has 1 aliphatic rings. The number of aromatic amines is 1. The summed E-state index contributed by atoms with van der Waals surface area (Å²) in [5, 5.41) is 16.7. The minimum Gasteiger partial charge on any atom is -0.489 e. The lowest BCUT2D eigenvalue weighted by molar-refractivity contribution is -0.0494. The van der Waals surface area contributed by atoms with Gasteiger partial charge in [0, 0.05) is 24.0 Å². The predicted octanol–water partition coefficient (Wildman–Crippen LogP) is 3.17. The van der Waals surface area contributed by atoms with E-state index in [-0.39, 0.29) is 34.3 Å². The monoisotopic (exact) mass is 441 g/mol. The number of alkyl halides is 2. The second kappa shape index (κ2) is 7.80. The fourth-order valence-electron chi connectivity index (χ4n) is 3.47. The van der Waals surface area contributed by atoms with Crippen LogP contribution in [0.3, 0.4) is 0 Å². The SMILES string of the molecule is C[C@H]1COc2cc(-c3[nH]ncc3NC(=O)c3cnn4cccnc34)c(OC(F)F)cc2N1. The van der Waals surface area contributed by atoms with Crippen LogP contribution >= 0.6 is 0 Å². The quantitative estimate of drug-likeness (QED) is 0.435. The Kier molecular flexibility index (Phi) is 4.81. The van der Waals surface area contributed by atoms with Crippen LogP contribution in [-0.2, 0) is 0 Å². The first-order chi connectivity index (χ1) is 15.5. The molecule has 0 bridgehead atoms. The zero-order valence-electron chi connectivity index (χ0n) is 16.7. The summed E-state index contributed by atoms with van der Waals surface area (Å²) in [4.78, 5) is 17.0. The summed E-state index contributed by atoms with van der Waals surface area (Å²) >= 11 is 0. The van der Waals surface area contributed by atoms with Gasteiger partial charge >= 0.3 is 6.61 Å². The van der Waals surface area contributed by atoms with Gasteiger partial charge in [-0.05, 0) is 19.1 Å². The number of benzene rings is 1. The lowest BCUT2D eigenvalue weighted by Crippen LogP contribution is -2.28. The van der Waals surface area contributed by atoms with Crippen LogP contribution in [0.5, 0.6) is 11.5 Å². The van der Waals surface area contributed by atoms with Gasteiger partial charge in [0.2, 0.25) is 0 Å². The van der Waals surface area contributed by atoms with Crippen LogP contribution in [-0.4, -0.2) is 50.0 Å². The summed E-state index contributed by atoms with van der Waals surface area (Å²) in [6, 6.07) is 4.70. The molecule has 5 rings (SSSR count). The Balaban J connectivity index is 1.52. The third kappa shape index (κ3) is 3.55. The highest BCUT2D eigenvalue weighted by molar-refractivity contribution is 6.09. The Morgan fingerprint density at radius 1 is 1.38 bits per heavy atom. The van der Waals surface area contributed by atoms with Crippen LogP contribution in [0.4, 0.5) is 20.2 Å². The van der Waals surface area contributed by atoms with Gasteiger partial charge in [0.1, 0.15) is 23.7 Å². The zero-order valence-corrected chi connectivity index (χ0v) is 16.7. The highest BCUT2D eigenvalue weighted by Crippen LogP contribution is 2.42. The van der Waals surface area contributed by atoms with E-state index >= 15 is 0 Å². The van der Waals surface area contributed by atoms with E-state index < -0.39 is 12.5 Å². The average Bonchev–Trinajstić information content (AvgIpc) is 3.39. The summed E-state index contributed by atoms with van der Waals surface area (Å²) in [6.45, 7) is -0.725. The molecule has 0 aliphatic carbocycles. The molecular formula is C20H17F2N7O3. The number of ether oxygens (including phenoxy) is 2. The van der Waals surface area contributed by atoms with E-state index in [9.17, 15) is 13.6 Å². The molecule has 3 N–H and O–H groups in total. The zero-order chi connectivity index (χ0) is 22.2. The molecule has 0 spiro atoms. The van der Waals surface area contributed by atoms with Crippen LogP contribution < -0.4 is 20.1 Å². The van der Waals surface area contributed by atoms with Crippen LogP contribution in [0.15, 0.2) is 43.0 Å². The summed E-state index contributed by atoms with van der Waals surface area (Å²) in [5.41, 5.74) is 1.95. The number of carbonyl (C=O) groups excluding carboxylic acids is 1. The number of hydrogen-bond donors (Lipinski definition) is 3. The second-order valence-electron chi connectivity index (χ2n) is 7.14. The Morgan fingerprint density at radius 3 is 3.09 bits per heavy atom. The van der Waals surface area contributed by atoms with E-state index in [1.165, 1.54) is 23.0 Å². The molecule has 32 heavy (non-hydrogen) atoms. The van der Waals surface area contributed by atoms with E-state index in [0.717, 1.165) is 0 Å². The number of nitrogens with one attached hydrogen (secondary N) is 3. The first kappa shape index (κ1) is 19.7. The molecule has 4 aromatic rings. The normalized spacial score (nSPS) is 15.2. The van der Waals surface area contributed by atoms with Crippen LogP contribution in [0.25, 0.3) is 16.9 Å². The Morgan fingerprint density at radius 2 is 2.25 bits per heavy atom. The molecule has 10 nitrogen and oxygen atoms in total. The molecule has 0 radical (unpaired) electrons. The molecule has 1 aliphatic heterocycles. The molecule has 0 saturated carbocycles. The van der Waals surface area contributed by atoms with Crippen molar-refractivity contribution in [3.8, 4) is 22.8 Å². The third-order valence-electron chi connectivity index (χ3n) is 4.87. The third-order valence-corrected chi connectivity index (χ3v) is 4.87. The number of carbonyl (C=O) groups is 1. The lowest BCUT2D eigenvalue weighted by Gasteiger charge is -2.26. The highest BCUT2D eigenvalue weighted by Gasteiger charge is 2.24. The number of H-pyrrole nitrogens is 1. The van der Waals surface area contributed by atoms with Crippen molar-refractivity contribution in [2.45, 2.75) is 19.6 Å². The van der Waals surface area contributed by atoms with Crippen LogP contribution in [0.1, 0.15) is 17.3 Å². The Hall–Kier alpha value is -4.22. The van der Waals surface area contributed by atoms with E-state index in [0.29, 0.717) is 23.7 Å². The number of anilines is 2. The van der Waals surface area contributed by atoms with Gasteiger partial charge in [-0.2, -0.15) is 19.0 Å². The summed E-state index contributed by atoms with van der Waals surface area (Å²) in [6.07, 6.45) is 5.98. The fourth-order valence-corrected chi connectivity index (χ4v) is 3.47. The number of rotatable bonds is 5. The molecule has 1 aromatic carbocycles. The minimum absolute atomic E-state index is 0.00853.